The standard InChI is InChI=1S/C13H23NO.C2H6/c1-5-7-9-10-13(15)14(12(3)4)11-8-6-2;1-2/h2,12H,5,7-11H2,1,3-4H3;1-2H3. The fraction of sp³-hybridized carbons (Fsp3) is 0.800. The molecular formula is C15H29NO. The van der Waals surface area contributed by atoms with E-state index in [0.29, 0.717) is 19.4 Å². The maximum Gasteiger partial charge on any atom is 0.222 e. The second kappa shape index (κ2) is 13.1. The van der Waals surface area contributed by atoms with Gasteiger partial charge in [0.1, 0.15) is 0 Å². The number of nitrogens with zero attached hydrogens (tertiary/aromatic N) is 1. The molecule has 0 aromatic rings. The maximum absolute atomic E-state index is 11.8. The largest absolute Gasteiger partial charge is 0.339 e. The molecule has 0 fully saturated rings. The minimum atomic E-state index is 0.244. The van der Waals surface area contributed by atoms with Crippen LogP contribution in [-0.4, -0.2) is 23.4 Å². The zero-order valence-electron chi connectivity index (χ0n) is 12.3. The van der Waals surface area contributed by atoms with Gasteiger partial charge in [0.2, 0.25) is 5.91 Å². The van der Waals surface area contributed by atoms with Crippen LogP contribution in [0.25, 0.3) is 0 Å². The van der Waals surface area contributed by atoms with Gasteiger partial charge in [-0.1, -0.05) is 33.6 Å². The van der Waals surface area contributed by atoms with E-state index in [0.717, 1.165) is 19.3 Å². The van der Waals surface area contributed by atoms with Crippen LogP contribution in [0.4, 0.5) is 0 Å². The molecule has 0 aromatic carbocycles. The quantitative estimate of drug-likeness (QED) is 0.488. The van der Waals surface area contributed by atoms with Gasteiger partial charge in [0, 0.05) is 25.4 Å². The van der Waals surface area contributed by atoms with Gasteiger partial charge in [0.15, 0.2) is 0 Å². The fourth-order valence-corrected chi connectivity index (χ4v) is 1.53. The van der Waals surface area contributed by atoms with Gasteiger partial charge < -0.3 is 4.90 Å². The topological polar surface area (TPSA) is 20.3 Å². The third-order valence-electron chi connectivity index (χ3n) is 2.43. The first-order valence-electron chi connectivity index (χ1n) is 6.86. The molecule has 0 atom stereocenters. The smallest absolute Gasteiger partial charge is 0.222 e. The first-order valence-corrected chi connectivity index (χ1v) is 6.86. The minimum absolute atomic E-state index is 0.244. The molecule has 0 aliphatic heterocycles. The van der Waals surface area contributed by atoms with Crippen LogP contribution < -0.4 is 0 Å². The van der Waals surface area contributed by atoms with Gasteiger partial charge >= 0.3 is 0 Å². The number of hydrogen-bond acceptors (Lipinski definition) is 1. The average molecular weight is 239 g/mol. The normalized spacial score (nSPS) is 9.24. The van der Waals surface area contributed by atoms with Crippen LogP contribution in [0.3, 0.4) is 0 Å². The summed E-state index contributed by atoms with van der Waals surface area (Å²) in [5, 5.41) is 0. The molecule has 0 saturated carbocycles. The number of terminal acetylenes is 1. The average Bonchev–Trinajstić information content (AvgIpc) is 2.32. The Hall–Kier alpha value is -0.970. The maximum atomic E-state index is 11.8. The van der Waals surface area contributed by atoms with Crippen molar-refractivity contribution in [3.05, 3.63) is 0 Å². The van der Waals surface area contributed by atoms with Crippen molar-refractivity contribution < 1.29 is 4.79 Å². The van der Waals surface area contributed by atoms with E-state index in [-0.39, 0.29) is 11.9 Å². The lowest BCUT2D eigenvalue weighted by atomic mass is 10.1. The summed E-state index contributed by atoms with van der Waals surface area (Å²) in [6, 6.07) is 0.257. The summed E-state index contributed by atoms with van der Waals surface area (Å²) in [5.41, 5.74) is 0. The van der Waals surface area contributed by atoms with E-state index in [9.17, 15) is 4.79 Å². The molecule has 2 heteroatoms. The number of carbonyl (C=O) groups is 1. The van der Waals surface area contributed by atoms with Crippen LogP contribution in [0.2, 0.25) is 0 Å². The van der Waals surface area contributed by atoms with E-state index in [4.69, 9.17) is 6.42 Å². The highest BCUT2D eigenvalue weighted by atomic mass is 16.2. The molecule has 0 unspecified atom stereocenters. The lowest BCUT2D eigenvalue weighted by Gasteiger charge is -2.26. The summed E-state index contributed by atoms with van der Waals surface area (Å²) >= 11 is 0. The molecule has 0 radical (unpaired) electrons. The Morgan fingerprint density at radius 3 is 2.29 bits per heavy atom. The Morgan fingerprint density at radius 2 is 1.88 bits per heavy atom. The molecule has 0 saturated heterocycles. The van der Waals surface area contributed by atoms with E-state index < -0.39 is 0 Å². The van der Waals surface area contributed by atoms with E-state index >= 15 is 0 Å². The highest BCUT2D eigenvalue weighted by Crippen LogP contribution is 2.07. The third-order valence-corrected chi connectivity index (χ3v) is 2.43. The summed E-state index contributed by atoms with van der Waals surface area (Å²) in [6.07, 6.45) is 9.80. The van der Waals surface area contributed by atoms with Crippen molar-refractivity contribution in [3.8, 4) is 12.3 Å². The summed E-state index contributed by atoms with van der Waals surface area (Å²) < 4.78 is 0. The van der Waals surface area contributed by atoms with Crippen LogP contribution in [0.5, 0.6) is 0 Å². The fourth-order valence-electron chi connectivity index (χ4n) is 1.53. The van der Waals surface area contributed by atoms with E-state index in [1.807, 2.05) is 32.6 Å². The van der Waals surface area contributed by atoms with Gasteiger partial charge in [0.05, 0.1) is 0 Å². The SMILES string of the molecule is C#CCCN(C(=O)CCCCC)C(C)C.CC. The van der Waals surface area contributed by atoms with Crippen LogP contribution in [0, 0.1) is 12.3 Å². The number of amides is 1. The van der Waals surface area contributed by atoms with Crippen molar-refractivity contribution >= 4 is 5.91 Å². The molecule has 0 bridgehead atoms. The van der Waals surface area contributed by atoms with Crippen molar-refractivity contribution in [2.45, 2.75) is 72.8 Å². The van der Waals surface area contributed by atoms with Crippen molar-refractivity contribution in [1.29, 1.82) is 0 Å². The number of carbonyl (C=O) groups excluding carboxylic acids is 1. The number of hydrogen-bond donors (Lipinski definition) is 0. The molecule has 0 aliphatic rings. The molecule has 0 aliphatic carbocycles. The third kappa shape index (κ3) is 9.93. The first-order chi connectivity index (χ1) is 8.13. The van der Waals surface area contributed by atoms with E-state index in [1.54, 1.807) is 0 Å². The highest BCUT2D eigenvalue weighted by molar-refractivity contribution is 5.76. The monoisotopic (exact) mass is 239 g/mol. The lowest BCUT2D eigenvalue weighted by molar-refractivity contribution is -0.132. The summed E-state index contributed by atoms with van der Waals surface area (Å²) in [7, 11) is 0. The van der Waals surface area contributed by atoms with Gasteiger partial charge in [-0.2, -0.15) is 0 Å². The predicted octanol–water partition coefficient (Wildman–Crippen LogP) is 3.85. The molecule has 17 heavy (non-hydrogen) atoms. The summed E-state index contributed by atoms with van der Waals surface area (Å²) in [4.78, 5) is 13.7. The molecule has 0 aromatic heterocycles. The summed E-state index contributed by atoms with van der Waals surface area (Å²) in [5.74, 6) is 2.83. The highest BCUT2D eigenvalue weighted by Gasteiger charge is 2.15. The molecule has 0 spiro atoms. The minimum Gasteiger partial charge on any atom is -0.339 e. The lowest BCUT2D eigenvalue weighted by Crippen LogP contribution is -2.37. The second-order valence-corrected chi connectivity index (χ2v) is 4.09. The van der Waals surface area contributed by atoms with Gasteiger partial charge in [-0.15, -0.1) is 12.3 Å². The van der Waals surface area contributed by atoms with Gasteiger partial charge in [0.25, 0.3) is 0 Å². The Kier molecular flexibility index (Phi) is 14.2. The zero-order valence-corrected chi connectivity index (χ0v) is 12.3. The Bertz CT molecular complexity index is 215. The summed E-state index contributed by atoms with van der Waals surface area (Å²) in [6.45, 7) is 10.9. The van der Waals surface area contributed by atoms with Crippen LogP contribution in [0.1, 0.15) is 66.7 Å². The molecular weight excluding hydrogens is 210 g/mol. The van der Waals surface area contributed by atoms with Gasteiger partial charge in [-0.25, -0.2) is 0 Å². The second-order valence-electron chi connectivity index (χ2n) is 4.09. The molecule has 0 rings (SSSR count). The molecule has 100 valence electrons. The van der Waals surface area contributed by atoms with Crippen LogP contribution in [-0.2, 0) is 4.79 Å². The number of rotatable bonds is 7. The van der Waals surface area contributed by atoms with E-state index in [2.05, 4.69) is 12.8 Å². The number of unbranched alkanes of at least 4 members (excludes halogenated alkanes) is 2. The van der Waals surface area contributed by atoms with E-state index in [1.165, 1.54) is 0 Å². The molecule has 0 N–H and O–H groups in total. The molecule has 1 amide bonds. The van der Waals surface area contributed by atoms with Gasteiger partial charge in [-0.05, 0) is 20.3 Å². The molecule has 2 nitrogen and oxygen atoms in total. The first kappa shape index (κ1) is 18.4. The van der Waals surface area contributed by atoms with Crippen molar-refractivity contribution in [3.63, 3.8) is 0 Å². The van der Waals surface area contributed by atoms with Crippen molar-refractivity contribution in [2.75, 3.05) is 6.54 Å². The van der Waals surface area contributed by atoms with Crippen molar-refractivity contribution in [2.24, 2.45) is 0 Å². The van der Waals surface area contributed by atoms with Crippen LogP contribution in [0.15, 0.2) is 0 Å². The Morgan fingerprint density at radius 1 is 1.29 bits per heavy atom. The van der Waals surface area contributed by atoms with Crippen molar-refractivity contribution in [1.82, 2.24) is 4.90 Å². The predicted molar refractivity (Wildman–Crippen MR) is 75.8 cm³/mol. The van der Waals surface area contributed by atoms with Crippen LogP contribution >= 0.6 is 0 Å². The van der Waals surface area contributed by atoms with Gasteiger partial charge in [-0.3, -0.25) is 4.79 Å². The zero-order chi connectivity index (χ0) is 13.7. The molecule has 0 heterocycles. The Balaban J connectivity index is 0. The Labute approximate surface area is 108 Å².